The second-order valence-corrected chi connectivity index (χ2v) is 8.01. The van der Waals surface area contributed by atoms with Gasteiger partial charge in [0, 0.05) is 21.7 Å². The Hall–Kier alpha value is -0.780. The van der Waals surface area contributed by atoms with Crippen LogP contribution in [0.2, 0.25) is 0 Å². The van der Waals surface area contributed by atoms with E-state index in [4.69, 9.17) is 0 Å². The maximum absolute atomic E-state index is 4.54. The van der Waals surface area contributed by atoms with Crippen LogP contribution in [0.25, 0.3) is 5.65 Å². The number of benzene rings is 1. The predicted molar refractivity (Wildman–Crippen MR) is 102 cm³/mol. The lowest BCUT2D eigenvalue weighted by atomic mass is 10.2. The Morgan fingerprint density at radius 1 is 1.09 bits per heavy atom. The van der Waals surface area contributed by atoms with Gasteiger partial charge in [0.05, 0.1) is 16.4 Å². The highest BCUT2D eigenvalue weighted by Gasteiger charge is 2.11. The Bertz CT molecular complexity index is 827. The zero-order valence-corrected chi connectivity index (χ0v) is 16.4. The van der Waals surface area contributed by atoms with Crippen LogP contribution in [0.15, 0.2) is 45.5 Å². The van der Waals surface area contributed by atoms with E-state index >= 15 is 0 Å². The molecule has 2 nitrogen and oxygen atoms in total. The Balaban J connectivity index is 1.80. The van der Waals surface area contributed by atoms with Crippen LogP contribution < -0.4 is 0 Å². The number of imidazole rings is 1. The van der Waals surface area contributed by atoms with Gasteiger partial charge in [-0.3, -0.25) is 4.40 Å². The normalized spacial score (nSPS) is 11.3. The van der Waals surface area contributed by atoms with Gasteiger partial charge in [-0.15, -0.1) is 0 Å². The van der Waals surface area contributed by atoms with Crippen molar-refractivity contribution in [2.24, 2.45) is 0 Å². The topological polar surface area (TPSA) is 17.3 Å². The molecule has 0 fully saturated rings. The Morgan fingerprint density at radius 2 is 1.91 bits per heavy atom. The molecule has 0 amide bonds. The SMILES string of the molecule is Cc1cccc(CSCc2cnc3c(Br)cc(Br)c(C)n23)c1. The standard InChI is InChI=1S/C17H16Br2N2S/c1-11-4-3-5-13(6-11)9-22-10-14-8-20-17-16(19)7-15(18)12(2)21(14)17/h3-8H,9-10H2,1-2H3. The molecular formula is C17H16Br2N2S. The largest absolute Gasteiger partial charge is 0.298 e. The first kappa shape index (κ1) is 16.1. The quantitative estimate of drug-likeness (QED) is 0.502. The molecular weight excluding hydrogens is 424 g/mol. The number of aryl methyl sites for hydroxylation is 2. The van der Waals surface area contributed by atoms with Crippen LogP contribution >= 0.6 is 43.6 Å². The lowest BCUT2D eigenvalue weighted by Gasteiger charge is -2.09. The van der Waals surface area contributed by atoms with Crippen molar-refractivity contribution < 1.29 is 0 Å². The molecule has 0 atom stereocenters. The van der Waals surface area contributed by atoms with E-state index in [0.717, 1.165) is 26.1 Å². The zero-order valence-electron chi connectivity index (χ0n) is 12.4. The molecule has 3 rings (SSSR count). The molecule has 0 N–H and O–H groups in total. The Kier molecular flexibility index (Phi) is 4.95. The molecule has 0 aliphatic heterocycles. The first-order chi connectivity index (χ1) is 10.6. The van der Waals surface area contributed by atoms with Gasteiger partial charge in [-0.25, -0.2) is 4.98 Å². The molecule has 0 saturated carbocycles. The van der Waals surface area contributed by atoms with E-state index in [0.29, 0.717) is 0 Å². The molecule has 22 heavy (non-hydrogen) atoms. The number of aromatic nitrogens is 2. The monoisotopic (exact) mass is 438 g/mol. The summed E-state index contributed by atoms with van der Waals surface area (Å²) in [5.41, 5.74) is 6.08. The van der Waals surface area contributed by atoms with Crippen molar-refractivity contribution in [3.05, 3.63) is 68.0 Å². The van der Waals surface area contributed by atoms with Crippen LogP contribution in [-0.2, 0) is 11.5 Å². The Labute approximate surface area is 151 Å². The summed E-state index contributed by atoms with van der Waals surface area (Å²) in [4.78, 5) is 4.54. The number of pyridine rings is 1. The maximum atomic E-state index is 4.54. The molecule has 0 saturated heterocycles. The summed E-state index contributed by atoms with van der Waals surface area (Å²) in [6.45, 7) is 4.25. The van der Waals surface area contributed by atoms with Crippen molar-refractivity contribution in [2.75, 3.05) is 0 Å². The molecule has 1 aromatic carbocycles. The number of rotatable bonds is 4. The molecule has 5 heteroatoms. The van der Waals surface area contributed by atoms with Crippen LogP contribution in [0.1, 0.15) is 22.5 Å². The minimum absolute atomic E-state index is 0.943. The lowest BCUT2D eigenvalue weighted by molar-refractivity contribution is 1.01. The van der Waals surface area contributed by atoms with Gasteiger partial charge in [0.25, 0.3) is 0 Å². The average Bonchev–Trinajstić information content (AvgIpc) is 2.90. The summed E-state index contributed by atoms with van der Waals surface area (Å²) in [5.74, 6) is 1.96. The van der Waals surface area contributed by atoms with Crippen LogP contribution in [-0.4, -0.2) is 9.38 Å². The third kappa shape index (κ3) is 3.26. The molecule has 2 aromatic heterocycles. The second-order valence-electron chi connectivity index (χ2n) is 5.32. The first-order valence-corrected chi connectivity index (χ1v) is 9.74. The molecule has 0 aliphatic rings. The lowest BCUT2D eigenvalue weighted by Crippen LogP contribution is -1.98. The highest BCUT2D eigenvalue weighted by atomic mass is 79.9. The van der Waals surface area contributed by atoms with Gasteiger partial charge in [-0.2, -0.15) is 11.8 Å². The van der Waals surface area contributed by atoms with Crippen molar-refractivity contribution in [3.8, 4) is 0 Å². The summed E-state index contributed by atoms with van der Waals surface area (Å²) < 4.78 is 4.33. The molecule has 0 bridgehead atoms. The first-order valence-electron chi connectivity index (χ1n) is 7.00. The maximum Gasteiger partial charge on any atom is 0.151 e. The van der Waals surface area contributed by atoms with Crippen LogP contribution in [0, 0.1) is 13.8 Å². The molecule has 0 radical (unpaired) electrons. The average molecular weight is 440 g/mol. The number of hydrogen-bond donors (Lipinski definition) is 0. The van der Waals surface area contributed by atoms with Crippen LogP contribution in [0.5, 0.6) is 0 Å². The van der Waals surface area contributed by atoms with E-state index in [1.807, 2.05) is 18.0 Å². The number of thioether (sulfide) groups is 1. The second kappa shape index (κ2) is 6.77. The van der Waals surface area contributed by atoms with Gasteiger partial charge < -0.3 is 0 Å². The number of hydrogen-bond acceptors (Lipinski definition) is 2. The molecule has 114 valence electrons. The summed E-state index contributed by atoms with van der Waals surface area (Å²) in [6.07, 6.45) is 1.97. The summed E-state index contributed by atoms with van der Waals surface area (Å²) in [5, 5.41) is 0. The minimum atomic E-state index is 0.943. The van der Waals surface area contributed by atoms with Crippen LogP contribution in [0.4, 0.5) is 0 Å². The van der Waals surface area contributed by atoms with E-state index in [-0.39, 0.29) is 0 Å². The molecule has 0 spiro atoms. The van der Waals surface area contributed by atoms with Crippen molar-refractivity contribution in [1.82, 2.24) is 9.38 Å². The van der Waals surface area contributed by atoms with Gasteiger partial charge >= 0.3 is 0 Å². The predicted octanol–water partition coefficient (Wildman–Crippen LogP) is 5.91. The molecule has 2 heterocycles. The summed E-state index contributed by atoms with van der Waals surface area (Å²) >= 11 is 9.12. The van der Waals surface area contributed by atoms with Gasteiger partial charge in [0.15, 0.2) is 5.65 Å². The van der Waals surface area contributed by atoms with Crippen molar-refractivity contribution in [2.45, 2.75) is 25.4 Å². The van der Waals surface area contributed by atoms with E-state index < -0.39 is 0 Å². The highest BCUT2D eigenvalue weighted by Crippen LogP contribution is 2.28. The van der Waals surface area contributed by atoms with Gasteiger partial charge in [-0.05, 0) is 57.3 Å². The Morgan fingerprint density at radius 3 is 2.68 bits per heavy atom. The van der Waals surface area contributed by atoms with E-state index in [9.17, 15) is 0 Å². The van der Waals surface area contributed by atoms with Gasteiger partial charge in [0.1, 0.15) is 0 Å². The van der Waals surface area contributed by atoms with E-state index in [1.54, 1.807) is 0 Å². The highest BCUT2D eigenvalue weighted by molar-refractivity contribution is 9.11. The fourth-order valence-corrected chi connectivity index (χ4v) is 4.65. The fraction of sp³-hybridized carbons (Fsp3) is 0.235. The zero-order chi connectivity index (χ0) is 15.7. The smallest absolute Gasteiger partial charge is 0.151 e. The van der Waals surface area contributed by atoms with Gasteiger partial charge in [-0.1, -0.05) is 29.8 Å². The van der Waals surface area contributed by atoms with E-state index in [2.05, 4.69) is 85.4 Å². The van der Waals surface area contributed by atoms with E-state index in [1.165, 1.54) is 22.5 Å². The summed E-state index contributed by atoms with van der Waals surface area (Å²) in [6, 6.07) is 10.8. The third-order valence-electron chi connectivity index (χ3n) is 3.58. The van der Waals surface area contributed by atoms with Crippen LogP contribution in [0.3, 0.4) is 0 Å². The molecule has 0 unspecified atom stereocenters. The fourth-order valence-electron chi connectivity index (χ4n) is 2.49. The van der Waals surface area contributed by atoms with Crippen molar-refractivity contribution in [1.29, 1.82) is 0 Å². The number of nitrogens with zero attached hydrogens (tertiary/aromatic N) is 2. The van der Waals surface area contributed by atoms with Gasteiger partial charge in [0.2, 0.25) is 0 Å². The van der Waals surface area contributed by atoms with Crippen molar-refractivity contribution in [3.63, 3.8) is 0 Å². The minimum Gasteiger partial charge on any atom is -0.298 e. The summed E-state index contributed by atoms with van der Waals surface area (Å²) in [7, 11) is 0. The number of fused-ring (bicyclic) bond motifs is 1. The van der Waals surface area contributed by atoms with Crippen molar-refractivity contribution >= 4 is 49.3 Å². The molecule has 3 aromatic rings. The number of halogens is 2. The third-order valence-corrected chi connectivity index (χ3v) is 6.01. The molecule has 0 aliphatic carbocycles.